The third kappa shape index (κ3) is 1.54. The minimum atomic E-state index is 0.0241. The molecule has 15 heavy (non-hydrogen) atoms. The van der Waals surface area contributed by atoms with Gasteiger partial charge in [0, 0.05) is 6.54 Å². The summed E-state index contributed by atoms with van der Waals surface area (Å²) in [6.07, 6.45) is 3.08. The third-order valence-electron chi connectivity index (χ3n) is 3.16. The largest absolute Gasteiger partial charge is 0.301 e. The Morgan fingerprint density at radius 3 is 2.67 bits per heavy atom. The average Bonchev–Trinajstić information content (AvgIpc) is 2.73. The fourth-order valence-electron chi connectivity index (χ4n) is 2.31. The van der Waals surface area contributed by atoms with Crippen LogP contribution in [0.5, 0.6) is 0 Å². The zero-order valence-corrected chi connectivity index (χ0v) is 9.53. The van der Waals surface area contributed by atoms with Crippen LogP contribution < -0.4 is 5.01 Å². The number of carbonyl (C=O) groups is 1. The third-order valence-corrected chi connectivity index (χ3v) is 3.16. The molecule has 2 heterocycles. The second kappa shape index (κ2) is 3.68. The summed E-state index contributed by atoms with van der Waals surface area (Å²) in [7, 11) is 0. The van der Waals surface area contributed by atoms with E-state index in [1.807, 2.05) is 13.8 Å². The van der Waals surface area contributed by atoms with Crippen molar-refractivity contribution in [1.82, 2.24) is 9.66 Å². The molecule has 2 rings (SSSR count). The van der Waals surface area contributed by atoms with E-state index in [9.17, 15) is 4.79 Å². The summed E-state index contributed by atoms with van der Waals surface area (Å²) in [4.78, 5) is 15.4. The monoisotopic (exact) mass is 207 g/mol. The maximum absolute atomic E-state index is 10.9. The number of hydrogen-bond donors (Lipinski definition) is 0. The zero-order valence-electron chi connectivity index (χ0n) is 9.53. The Bertz CT molecular complexity index is 383. The molecule has 0 bridgehead atoms. The van der Waals surface area contributed by atoms with Gasteiger partial charge in [-0.15, -0.1) is 0 Å². The molecule has 1 atom stereocenters. The van der Waals surface area contributed by atoms with Crippen molar-refractivity contribution in [3.8, 4) is 0 Å². The van der Waals surface area contributed by atoms with Gasteiger partial charge in [0.15, 0.2) is 0 Å². The first-order chi connectivity index (χ1) is 7.15. The zero-order chi connectivity index (χ0) is 11.0. The number of carbonyl (C=O) groups excluding carboxylic acids is 1. The van der Waals surface area contributed by atoms with Gasteiger partial charge in [0.05, 0.1) is 11.4 Å². The molecule has 1 saturated heterocycles. The van der Waals surface area contributed by atoms with E-state index >= 15 is 0 Å². The SMILES string of the molecule is Cc1nc(C)n(N2CCC[C@H]2C=O)c1C. The summed E-state index contributed by atoms with van der Waals surface area (Å²) < 4.78 is 2.08. The first-order valence-corrected chi connectivity index (χ1v) is 5.40. The Morgan fingerprint density at radius 1 is 1.40 bits per heavy atom. The molecule has 1 aliphatic heterocycles. The van der Waals surface area contributed by atoms with Crippen LogP contribution in [-0.4, -0.2) is 28.5 Å². The van der Waals surface area contributed by atoms with Crippen LogP contribution in [0.4, 0.5) is 0 Å². The lowest BCUT2D eigenvalue weighted by Gasteiger charge is -2.26. The molecule has 0 N–H and O–H groups in total. The first kappa shape index (κ1) is 10.2. The number of imidazole rings is 1. The first-order valence-electron chi connectivity index (χ1n) is 5.40. The Morgan fingerprint density at radius 2 is 2.13 bits per heavy atom. The summed E-state index contributed by atoms with van der Waals surface area (Å²) in [5.74, 6) is 0.971. The van der Waals surface area contributed by atoms with Gasteiger partial charge in [-0.05, 0) is 33.6 Å². The molecular weight excluding hydrogens is 190 g/mol. The second-order valence-electron chi connectivity index (χ2n) is 4.15. The Labute approximate surface area is 89.9 Å². The number of rotatable bonds is 2. The molecule has 4 heteroatoms. The molecule has 1 fully saturated rings. The second-order valence-corrected chi connectivity index (χ2v) is 4.15. The highest BCUT2D eigenvalue weighted by molar-refractivity contribution is 5.61. The van der Waals surface area contributed by atoms with E-state index < -0.39 is 0 Å². The van der Waals surface area contributed by atoms with Gasteiger partial charge in [-0.2, -0.15) is 0 Å². The van der Waals surface area contributed by atoms with Crippen LogP contribution in [0.2, 0.25) is 0 Å². The Kier molecular flexibility index (Phi) is 2.50. The van der Waals surface area contributed by atoms with Gasteiger partial charge in [-0.25, -0.2) is 9.66 Å². The summed E-state index contributed by atoms with van der Waals surface area (Å²) >= 11 is 0. The van der Waals surface area contributed by atoms with Crippen LogP contribution in [0.1, 0.15) is 30.1 Å². The number of nitrogens with zero attached hydrogens (tertiary/aromatic N) is 3. The summed E-state index contributed by atoms with van der Waals surface area (Å²) in [5.41, 5.74) is 2.19. The van der Waals surface area contributed by atoms with E-state index in [1.54, 1.807) is 0 Å². The number of aromatic nitrogens is 2. The van der Waals surface area contributed by atoms with Gasteiger partial charge < -0.3 is 9.80 Å². The molecule has 0 aromatic carbocycles. The molecule has 1 aromatic heterocycles. The van der Waals surface area contributed by atoms with E-state index in [0.717, 1.165) is 42.9 Å². The van der Waals surface area contributed by atoms with Crippen molar-refractivity contribution in [2.75, 3.05) is 11.6 Å². The lowest BCUT2D eigenvalue weighted by molar-refractivity contribution is -0.109. The highest BCUT2D eigenvalue weighted by Crippen LogP contribution is 2.18. The number of hydrogen-bond acceptors (Lipinski definition) is 3. The highest BCUT2D eigenvalue weighted by atomic mass is 16.1. The minimum absolute atomic E-state index is 0.0241. The van der Waals surface area contributed by atoms with Gasteiger partial charge in [-0.3, -0.25) is 0 Å². The van der Waals surface area contributed by atoms with Crippen LogP contribution >= 0.6 is 0 Å². The molecule has 0 amide bonds. The predicted octanol–water partition coefficient (Wildman–Crippen LogP) is 1.11. The highest BCUT2D eigenvalue weighted by Gasteiger charge is 2.26. The van der Waals surface area contributed by atoms with E-state index in [0.29, 0.717) is 0 Å². The van der Waals surface area contributed by atoms with Gasteiger partial charge >= 0.3 is 0 Å². The smallest absolute Gasteiger partial charge is 0.144 e. The van der Waals surface area contributed by atoms with Crippen LogP contribution in [0.25, 0.3) is 0 Å². The molecule has 0 saturated carbocycles. The summed E-state index contributed by atoms with van der Waals surface area (Å²) in [6.45, 7) is 6.99. The van der Waals surface area contributed by atoms with Crippen molar-refractivity contribution >= 4 is 6.29 Å². The van der Waals surface area contributed by atoms with Crippen molar-refractivity contribution in [3.05, 3.63) is 17.2 Å². The molecule has 1 aromatic rings. The summed E-state index contributed by atoms with van der Waals surface area (Å²) in [6, 6.07) is 0.0241. The van der Waals surface area contributed by atoms with Gasteiger partial charge in [-0.1, -0.05) is 0 Å². The van der Waals surface area contributed by atoms with Gasteiger partial charge in [0.2, 0.25) is 0 Å². The van der Waals surface area contributed by atoms with E-state index in [4.69, 9.17) is 0 Å². The fourth-order valence-corrected chi connectivity index (χ4v) is 2.31. The van der Waals surface area contributed by atoms with Crippen molar-refractivity contribution in [1.29, 1.82) is 0 Å². The normalized spacial score (nSPS) is 21.0. The molecule has 0 radical (unpaired) electrons. The Balaban J connectivity index is 2.40. The van der Waals surface area contributed by atoms with Crippen LogP contribution in [-0.2, 0) is 4.79 Å². The standard InChI is InChI=1S/C11H17N3O/c1-8-9(2)14(10(3)12-8)13-6-4-5-11(13)7-15/h7,11H,4-6H2,1-3H3/t11-/m0/s1. The van der Waals surface area contributed by atoms with Crippen molar-refractivity contribution < 1.29 is 4.79 Å². The quantitative estimate of drug-likeness (QED) is 0.682. The lowest BCUT2D eigenvalue weighted by Crippen LogP contribution is -2.41. The molecular formula is C11H17N3O. The molecule has 82 valence electrons. The van der Waals surface area contributed by atoms with Crippen LogP contribution in [0.15, 0.2) is 0 Å². The summed E-state index contributed by atoms with van der Waals surface area (Å²) in [5, 5.41) is 2.12. The lowest BCUT2D eigenvalue weighted by atomic mass is 10.2. The predicted molar refractivity (Wildman–Crippen MR) is 58.6 cm³/mol. The van der Waals surface area contributed by atoms with Crippen LogP contribution in [0, 0.1) is 20.8 Å². The van der Waals surface area contributed by atoms with Crippen molar-refractivity contribution in [2.24, 2.45) is 0 Å². The van der Waals surface area contributed by atoms with E-state index in [1.165, 1.54) is 0 Å². The Hall–Kier alpha value is -1.32. The van der Waals surface area contributed by atoms with Crippen molar-refractivity contribution in [3.63, 3.8) is 0 Å². The molecule has 4 nitrogen and oxygen atoms in total. The molecule has 0 spiro atoms. The maximum atomic E-state index is 10.9. The maximum Gasteiger partial charge on any atom is 0.144 e. The molecule has 1 aliphatic rings. The van der Waals surface area contributed by atoms with Crippen LogP contribution in [0.3, 0.4) is 0 Å². The number of aryl methyl sites for hydroxylation is 2. The van der Waals surface area contributed by atoms with Gasteiger partial charge in [0.25, 0.3) is 0 Å². The average molecular weight is 207 g/mol. The molecule has 0 unspecified atom stereocenters. The fraction of sp³-hybridized carbons (Fsp3) is 0.636. The van der Waals surface area contributed by atoms with E-state index in [-0.39, 0.29) is 6.04 Å². The minimum Gasteiger partial charge on any atom is -0.301 e. The van der Waals surface area contributed by atoms with Gasteiger partial charge in [0.1, 0.15) is 18.2 Å². The van der Waals surface area contributed by atoms with Crippen molar-refractivity contribution in [2.45, 2.75) is 39.7 Å². The molecule has 0 aliphatic carbocycles. The number of aldehydes is 1. The topological polar surface area (TPSA) is 38.1 Å². The van der Waals surface area contributed by atoms with E-state index in [2.05, 4.69) is 21.6 Å².